The normalized spacial score (nSPS) is 13.8. The molecular formula is C9H13Cl2NO3S2. The molecule has 1 unspecified atom stereocenters. The number of methoxy groups -OCH3 is 1. The maximum atomic E-state index is 11.8. The molecule has 0 spiro atoms. The topological polar surface area (TPSA) is 55.4 Å². The van der Waals surface area contributed by atoms with Crippen LogP contribution in [0.2, 0.25) is 4.34 Å². The second-order valence-electron chi connectivity index (χ2n) is 3.30. The summed E-state index contributed by atoms with van der Waals surface area (Å²) >= 11 is 12.6. The predicted octanol–water partition coefficient (Wildman–Crippen LogP) is 2.32. The smallest absolute Gasteiger partial charge is 0.250 e. The summed E-state index contributed by atoms with van der Waals surface area (Å²) in [5.74, 6) is 0. The summed E-state index contributed by atoms with van der Waals surface area (Å²) < 4.78 is 31.5. The Bertz CT molecular complexity index is 447. The molecule has 8 heteroatoms. The molecule has 1 aromatic rings. The maximum Gasteiger partial charge on any atom is 0.250 e. The fraction of sp³-hybridized carbons (Fsp3) is 0.556. The van der Waals surface area contributed by atoms with Gasteiger partial charge in [0.2, 0.25) is 10.0 Å². The molecule has 0 aliphatic rings. The van der Waals surface area contributed by atoms with Crippen LogP contribution in [0.3, 0.4) is 0 Å². The first-order chi connectivity index (χ1) is 7.95. The minimum Gasteiger partial charge on any atom is -0.383 e. The molecule has 4 nitrogen and oxygen atoms in total. The second kappa shape index (κ2) is 6.92. The summed E-state index contributed by atoms with van der Waals surface area (Å²) in [6.45, 7) is 0.670. The van der Waals surface area contributed by atoms with Gasteiger partial charge in [-0.05, 0) is 18.6 Å². The average Bonchev–Trinajstić information content (AvgIpc) is 2.65. The maximum absolute atomic E-state index is 11.8. The van der Waals surface area contributed by atoms with Gasteiger partial charge in [-0.2, -0.15) is 0 Å². The molecule has 0 bridgehead atoms. The molecule has 0 fully saturated rings. The molecule has 98 valence electrons. The van der Waals surface area contributed by atoms with Crippen LogP contribution < -0.4 is 4.72 Å². The van der Waals surface area contributed by atoms with Crippen LogP contribution in [0.25, 0.3) is 0 Å². The van der Waals surface area contributed by atoms with Crippen molar-refractivity contribution in [2.45, 2.75) is 16.0 Å². The lowest BCUT2D eigenvalue weighted by Crippen LogP contribution is -2.26. The number of alkyl halides is 1. The van der Waals surface area contributed by atoms with Crippen LogP contribution in [0.5, 0.6) is 0 Å². The van der Waals surface area contributed by atoms with Crippen molar-refractivity contribution < 1.29 is 13.2 Å². The van der Waals surface area contributed by atoms with Crippen LogP contribution in [-0.4, -0.2) is 34.1 Å². The molecule has 0 saturated heterocycles. The van der Waals surface area contributed by atoms with Gasteiger partial charge in [0, 0.05) is 13.7 Å². The van der Waals surface area contributed by atoms with E-state index in [1.807, 2.05) is 0 Å². The first-order valence-electron chi connectivity index (χ1n) is 4.83. The zero-order chi connectivity index (χ0) is 12.9. The Kier molecular flexibility index (Phi) is 6.19. The van der Waals surface area contributed by atoms with Gasteiger partial charge in [-0.1, -0.05) is 11.6 Å². The lowest BCUT2D eigenvalue weighted by atomic mass is 10.3. The summed E-state index contributed by atoms with van der Waals surface area (Å²) in [6.07, 6.45) is 0.508. The Hall–Kier alpha value is 0.150. The fourth-order valence-electron chi connectivity index (χ4n) is 1.13. The summed E-state index contributed by atoms with van der Waals surface area (Å²) in [5, 5.41) is -0.199. The molecule has 1 aromatic heterocycles. The number of thiophene rings is 1. The molecule has 0 aromatic carbocycles. The largest absolute Gasteiger partial charge is 0.383 e. The monoisotopic (exact) mass is 317 g/mol. The SMILES string of the molecule is COCC(Cl)CCNS(=O)(=O)c1ccc(Cl)s1. The van der Waals surface area contributed by atoms with Gasteiger partial charge in [-0.25, -0.2) is 13.1 Å². The molecule has 17 heavy (non-hydrogen) atoms. The van der Waals surface area contributed by atoms with Gasteiger partial charge in [0.1, 0.15) is 4.21 Å². The fourth-order valence-corrected chi connectivity index (χ4v) is 3.94. The highest BCUT2D eigenvalue weighted by atomic mass is 35.5. The highest BCUT2D eigenvalue weighted by molar-refractivity contribution is 7.91. The minimum atomic E-state index is -3.47. The average molecular weight is 318 g/mol. The van der Waals surface area contributed by atoms with Gasteiger partial charge in [0.25, 0.3) is 0 Å². The van der Waals surface area contributed by atoms with Gasteiger partial charge in [0.15, 0.2) is 0 Å². The number of halogens is 2. The van der Waals surface area contributed by atoms with E-state index in [1.165, 1.54) is 6.07 Å². The molecular weight excluding hydrogens is 305 g/mol. The number of ether oxygens (including phenoxy) is 1. The van der Waals surface area contributed by atoms with Crippen molar-refractivity contribution >= 4 is 44.6 Å². The van der Waals surface area contributed by atoms with Crippen molar-refractivity contribution in [3.05, 3.63) is 16.5 Å². The number of hydrogen-bond acceptors (Lipinski definition) is 4. The number of rotatable bonds is 7. The van der Waals surface area contributed by atoms with Gasteiger partial charge in [0.05, 0.1) is 16.3 Å². The molecule has 0 aliphatic carbocycles. The Labute approximate surface area is 115 Å². The van der Waals surface area contributed by atoms with Crippen molar-refractivity contribution in [1.29, 1.82) is 0 Å². The van der Waals surface area contributed by atoms with E-state index < -0.39 is 10.0 Å². The highest BCUT2D eigenvalue weighted by Crippen LogP contribution is 2.25. The summed E-state index contributed by atoms with van der Waals surface area (Å²) in [6, 6.07) is 3.03. The first kappa shape index (κ1) is 15.2. The van der Waals surface area contributed by atoms with Crippen molar-refractivity contribution in [3.63, 3.8) is 0 Å². The Morgan fingerprint density at radius 2 is 2.24 bits per heavy atom. The van der Waals surface area contributed by atoms with E-state index in [-0.39, 0.29) is 16.1 Å². The third kappa shape index (κ3) is 5.11. The third-order valence-electron chi connectivity index (χ3n) is 1.91. The predicted molar refractivity (Wildman–Crippen MR) is 70.7 cm³/mol. The van der Waals surface area contributed by atoms with E-state index in [4.69, 9.17) is 27.9 Å². The van der Waals surface area contributed by atoms with Crippen LogP contribution >= 0.6 is 34.5 Å². The molecule has 1 heterocycles. The molecule has 0 amide bonds. The molecule has 0 aliphatic heterocycles. The standard InChI is InChI=1S/C9H13Cl2NO3S2/c1-15-6-7(10)4-5-12-17(13,14)9-3-2-8(11)16-9/h2-3,7,12H,4-6H2,1H3. The first-order valence-corrected chi connectivity index (χ1v) is 7.95. The minimum absolute atomic E-state index is 0.199. The van der Waals surface area contributed by atoms with Crippen LogP contribution in [0, 0.1) is 0 Å². The third-order valence-corrected chi connectivity index (χ3v) is 5.44. The number of hydrogen-bond donors (Lipinski definition) is 1. The molecule has 1 N–H and O–H groups in total. The van der Waals surface area contributed by atoms with Gasteiger partial charge < -0.3 is 4.74 Å². The van der Waals surface area contributed by atoms with Crippen LogP contribution in [-0.2, 0) is 14.8 Å². The number of sulfonamides is 1. The Morgan fingerprint density at radius 3 is 2.76 bits per heavy atom. The van der Waals surface area contributed by atoms with Gasteiger partial charge >= 0.3 is 0 Å². The zero-order valence-corrected chi connectivity index (χ0v) is 12.3. The Balaban J connectivity index is 2.46. The van der Waals surface area contributed by atoms with Gasteiger partial charge in [-0.15, -0.1) is 22.9 Å². The van der Waals surface area contributed by atoms with Crippen LogP contribution in [0.15, 0.2) is 16.3 Å². The van der Waals surface area contributed by atoms with E-state index in [9.17, 15) is 8.42 Å². The summed E-state index contributed by atoms with van der Waals surface area (Å²) in [7, 11) is -1.92. The quantitative estimate of drug-likeness (QED) is 0.785. The van der Waals surface area contributed by atoms with Crippen molar-refractivity contribution in [2.24, 2.45) is 0 Å². The van der Waals surface area contributed by atoms with Crippen LogP contribution in [0.4, 0.5) is 0 Å². The van der Waals surface area contributed by atoms with Crippen molar-refractivity contribution in [3.8, 4) is 0 Å². The van der Waals surface area contributed by atoms with E-state index in [0.717, 1.165) is 11.3 Å². The lowest BCUT2D eigenvalue weighted by molar-refractivity contribution is 0.196. The number of nitrogens with one attached hydrogen (secondary N) is 1. The molecule has 0 radical (unpaired) electrons. The highest BCUT2D eigenvalue weighted by Gasteiger charge is 2.16. The summed E-state index contributed by atoms with van der Waals surface area (Å²) in [4.78, 5) is 0. The Morgan fingerprint density at radius 1 is 1.53 bits per heavy atom. The van der Waals surface area contributed by atoms with E-state index in [1.54, 1.807) is 13.2 Å². The second-order valence-corrected chi connectivity index (χ2v) is 7.62. The zero-order valence-electron chi connectivity index (χ0n) is 9.15. The lowest BCUT2D eigenvalue weighted by Gasteiger charge is -2.08. The molecule has 1 rings (SSSR count). The van der Waals surface area contributed by atoms with Crippen molar-refractivity contribution in [1.82, 2.24) is 4.72 Å². The summed E-state index contributed by atoms with van der Waals surface area (Å²) in [5.41, 5.74) is 0. The molecule has 0 saturated carbocycles. The van der Waals surface area contributed by atoms with Crippen molar-refractivity contribution in [2.75, 3.05) is 20.3 Å². The van der Waals surface area contributed by atoms with E-state index >= 15 is 0 Å². The van der Waals surface area contributed by atoms with Crippen LogP contribution in [0.1, 0.15) is 6.42 Å². The van der Waals surface area contributed by atoms with E-state index in [0.29, 0.717) is 17.4 Å². The molecule has 1 atom stereocenters. The van der Waals surface area contributed by atoms with E-state index in [2.05, 4.69) is 4.72 Å². The van der Waals surface area contributed by atoms with Gasteiger partial charge in [-0.3, -0.25) is 0 Å².